The summed E-state index contributed by atoms with van der Waals surface area (Å²) in [5.74, 6) is -2.29. The van der Waals surface area contributed by atoms with Crippen molar-refractivity contribution in [1.82, 2.24) is 21.3 Å². The molecular weight excluding hydrogens is 973 g/mol. The average Bonchev–Trinajstić information content (AvgIpc) is 2.32. The summed E-state index contributed by atoms with van der Waals surface area (Å²) >= 11 is 0. The molecule has 0 rings (SSSR count). The summed E-state index contributed by atoms with van der Waals surface area (Å²) < 4.78 is 0. The van der Waals surface area contributed by atoms with Crippen LogP contribution in [0.25, 0.3) is 0 Å². The fourth-order valence-electron chi connectivity index (χ4n) is 0.684. The minimum Gasteiger partial charge on any atom is -0.481 e. The molecule has 0 aliphatic carbocycles. The van der Waals surface area contributed by atoms with E-state index in [-0.39, 0.29) is 81.7 Å². The number of likely N-dealkylation sites (N-methyl/N-ethyl adjacent to an activating group) is 2. The van der Waals surface area contributed by atoms with E-state index in [4.69, 9.17) is 0 Å². The van der Waals surface area contributed by atoms with Gasteiger partial charge in [-0.2, -0.15) is 0 Å². The molecule has 0 aromatic carbocycles. The minimum atomic E-state index is -0.656. The molecule has 0 aliphatic rings. The minimum absolute atomic E-state index is 0. The van der Waals surface area contributed by atoms with Gasteiger partial charge in [0.2, 0.25) is 11.8 Å². The molecule has 0 atom stereocenters. The van der Waals surface area contributed by atoms with Crippen LogP contribution in [0.15, 0.2) is 0 Å². The van der Waals surface area contributed by atoms with Crippen LogP contribution in [0.3, 0.4) is 0 Å². The molecule has 124 valence electrons. The maximum absolute atomic E-state index is 11.1. The van der Waals surface area contributed by atoms with E-state index in [2.05, 4.69) is 21.3 Å². The Morgan fingerprint density at radius 3 is 1.24 bits per heavy atom. The Morgan fingerprint density at radius 2 is 1.00 bits per heavy atom. The summed E-state index contributed by atoms with van der Waals surface area (Å²) in [6, 6.07) is 0. The van der Waals surface area contributed by atoms with Crippen molar-refractivity contribution in [3.8, 4) is 0 Å². The van der Waals surface area contributed by atoms with Crippen LogP contribution >= 0.6 is 0 Å². The molecular formula is C9H14N4O4Re4-2. The van der Waals surface area contributed by atoms with E-state index in [0.29, 0.717) is 0 Å². The van der Waals surface area contributed by atoms with Crippen molar-refractivity contribution in [2.24, 2.45) is 0 Å². The molecule has 0 fully saturated rings. The van der Waals surface area contributed by atoms with Gasteiger partial charge in [-0.15, -0.1) is 0 Å². The van der Waals surface area contributed by atoms with Crippen molar-refractivity contribution in [1.29, 1.82) is 0 Å². The summed E-state index contributed by atoms with van der Waals surface area (Å²) in [6.45, 7) is 1.80. The van der Waals surface area contributed by atoms with E-state index >= 15 is 0 Å². The number of nitrogens with one attached hydrogen (secondary N) is 4. The maximum atomic E-state index is 11.1. The molecule has 21 heavy (non-hydrogen) atoms. The van der Waals surface area contributed by atoms with Crippen LogP contribution in [0.5, 0.6) is 0 Å². The van der Waals surface area contributed by atoms with Gasteiger partial charge in [-0.1, -0.05) is 0 Å². The van der Waals surface area contributed by atoms with Gasteiger partial charge in [-0.3, -0.25) is 9.59 Å². The normalized spacial score (nSPS) is 6.95. The number of amides is 4. The zero-order valence-corrected chi connectivity index (χ0v) is 21.9. The molecule has 0 saturated carbocycles. The zero-order chi connectivity index (χ0) is 13.3. The molecule has 4 N–H and O–H groups in total. The van der Waals surface area contributed by atoms with Gasteiger partial charge in [0.15, 0.2) is 0 Å². The third kappa shape index (κ3) is 20.3. The second kappa shape index (κ2) is 20.3. The van der Waals surface area contributed by atoms with Crippen LogP contribution < -0.4 is 21.3 Å². The molecule has 0 aliphatic heterocycles. The third-order valence-electron chi connectivity index (χ3n) is 1.54. The molecule has 0 spiro atoms. The standard InChI is InChI=1S/C9H14N4O4.4Re/c1-10-8(16)4-12-6(14)3-7(15)13-5-9(17)11-2;;;;/h4-5H,3H2,1-2H3,(H,10,16)(H,11,17)(H,12,14)(H,13,15);;;;/q-2;;;;. The quantitative estimate of drug-likeness (QED) is 0.173. The number of carbonyl (C=O) groups is 4. The zero-order valence-electron chi connectivity index (χ0n) is 11.0. The molecule has 0 heterocycles. The van der Waals surface area contributed by atoms with E-state index in [9.17, 15) is 19.2 Å². The SMILES string of the molecule is CNC(=O)[CH-]NC(=O)CC(=O)N[CH-]C(=O)NC.[Re].[Re].[Re].[Re]. The average molecular weight is 987 g/mol. The van der Waals surface area contributed by atoms with Crippen LogP contribution in [0.4, 0.5) is 0 Å². The molecule has 12 heteroatoms. The van der Waals surface area contributed by atoms with Gasteiger partial charge in [0, 0.05) is 95.8 Å². The van der Waals surface area contributed by atoms with Gasteiger partial charge in [0.1, 0.15) is 18.2 Å². The summed E-state index contributed by atoms with van der Waals surface area (Å²) in [5, 5.41) is 8.73. The fourth-order valence-corrected chi connectivity index (χ4v) is 0.684. The first kappa shape index (κ1) is 33.0. The molecule has 4 amide bonds. The van der Waals surface area contributed by atoms with Gasteiger partial charge < -0.3 is 30.9 Å². The van der Waals surface area contributed by atoms with Crippen LogP contribution in [-0.2, 0) is 101 Å². The van der Waals surface area contributed by atoms with Gasteiger partial charge in [0.05, 0.1) is 0 Å². The summed E-state index contributed by atoms with van der Waals surface area (Å²) in [4.78, 5) is 43.6. The van der Waals surface area contributed by atoms with E-state index in [0.717, 1.165) is 13.1 Å². The van der Waals surface area contributed by atoms with Gasteiger partial charge >= 0.3 is 0 Å². The van der Waals surface area contributed by atoms with Crippen molar-refractivity contribution >= 4 is 23.6 Å². The van der Waals surface area contributed by atoms with Crippen molar-refractivity contribution in [2.75, 3.05) is 14.1 Å². The largest absolute Gasteiger partial charge is 0.481 e. The molecule has 0 saturated heterocycles. The number of rotatable bonds is 6. The Balaban J connectivity index is -0.000000213. The van der Waals surface area contributed by atoms with Crippen molar-refractivity contribution < 1.29 is 101 Å². The Bertz CT molecular complexity index is 301. The van der Waals surface area contributed by atoms with Crippen molar-refractivity contribution in [3.05, 3.63) is 13.1 Å². The second-order valence-electron chi connectivity index (χ2n) is 2.83. The van der Waals surface area contributed by atoms with E-state index in [1.165, 1.54) is 14.1 Å². The Morgan fingerprint density at radius 1 is 0.714 bits per heavy atom. The summed E-state index contributed by atoms with van der Waals surface area (Å²) in [7, 11) is 2.80. The number of hydrogen-bond acceptors (Lipinski definition) is 4. The number of hydrogen-bond donors (Lipinski definition) is 4. The smallest absolute Gasteiger partial charge is 0.203 e. The van der Waals surface area contributed by atoms with Crippen LogP contribution in [0.1, 0.15) is 6.42 Å². The first-order valence-electron chi connectivity index (χ1n) is 4.68. The molecule has 0 aromatic rings. The van der Waals surface area contributed by atoms with Crippen LogP contribution in [0, 0.1) is 13.1 Å². The first-order chi connectivity index (χ1) is 7.99. The number of carbonyl (C=O) groups excluding carboxylic acids is 4. The Kier molecular flexibility index (Phi) is 31.9. The molecule has 8 nitrogen and oxygen atoms in total. The van der Waals surface area contributed by atoms with Crippen molar-refractivity contribution in [2.45, 2.75) is 6.42 Å². The predicted molar refractivity (Wildman–Crippen MR) is 57.6 cm³/mol. The van der Waals surface area contributed by atoms with E-state index in [1.807, 2.05) is 0 Å². The maximum Gasteiger partial charge on any atom is 0.203 e. The van der Waals surface area contributed by atoms with E-state index < -0.39 is 30.0 Å². The Labute approximate surface area is 178 Å². The van der Waals surface area contributed by atoms with Gasteiger partial charge in [0.25, 0.3) is 0 Å². The summed E-state index contributed by atoms with van der Waals surface area (Å²) in [6.07, 6.45) is -0.485. The molecule has 4 radical (unpaired) electrons. The Hall–Kier alpha value is 0.269. The van der Waals surface area contributed by atoms with Gasteiger partial charge in [-0.25, -0.2) is 13.1 Å². The monoisotopic (exact) mass is 990 g/mol. The fraction of sp³-hybridized carbons (Fsp3) is 0.333. The molecule has 0 aromatic heterocycles. The van der Waals surface area contributed by atoms with Crippen LogP contribution in [-0.4, -0.2) is 37.7 Å². The van der Waals surface area contributed by atoms with Crippen molar-refractivity contribution in [3.63, 3.8) is 0 Å². The van der Waals surface area contributed by atoms with E-state index in [1.54, 1.807) is 0 Å². The molecule has 0 unspecified atom stereocenters. The molecule has 0 bridgehead atoms. The van der Waals surface area contributed by atoms with Gasteiger partial charge in [-0.05, 0) is 0 Å². The second-order valence-corrected chi connectivity index (χ2v) is 2.83. The predicted octanol–water partition coefficient (Wildman–Crippen LogP) is -2.59. The summed E-state index contributed by atoms with van der Waals surface area (Å²) in [5.41, 5.74) is 0. The third-order valence-corrected chi connectivity index (χ3v) is 1.54. The first-order valence-corrected chi connectivity index (χ1v) is 4.68. The van der Waals surface area contributed by atoms with Crippen LogP contribution in [0.2, 0.25) is 0 Å². The topological polar surface area (TPSA) is 116 Å².